The molecule has 3 aliphatic heterocycles. The highest BCUT2D eigenvalue weighted by molar-refractivity contribution is 7.10. The third kappa shape index (κ3) is 5.91. The monoisotopic (exact) mass is 727 g/mol. The van der Waals surface area contributed by atoms with Gasteiger partial charge in [0.25, 0.3) is 5.91 Å². The molecule has 3 atom stereocenters. The summed E-state index contributed by atoms with van der Waals surface area (Å²) in [6.45, 7) is 1.68. The molecule has 8 rings (SSSR count). The van der Waals surface area contributed by atoms with E-state index in [9.17, 15) is 18.0 Å². The number of fused-ring (bicyclic) bond motifs is 3. The van der Waals surface area contributed by atoms with Gasteiger partial charge in [-0.05, 0) is 37.3 Å². The van der Waals surface area contributed by atoms with E-state index in [0.29, 0.717) is 46.5 Å². The topological polar surface area (TPSA) is 87.6 Å². The van der Waals surface area contributed by atoms with Gasteiger partial charge >= 0.3 is 6.01 Å². The van der Waals surface area contributed by atoms with Gasteiger partial charge in [-0.15, -0.1) is 17.8 Å². The van der Waals surface area contributed by atoms with Crippen LogP contribution in [0.15, 0.2) is 53.9 Å². The zero-order valence-electron chi connectivity index (χ0n) is 28.2. The number of halogens is 4. The van der Waals surface area contributed by atoms with Gasteiger partial charge in [0, 0.05) is 73.9 Å². The van der Waals surface area contributed by atoms with Crippen molar-refractivity contribution in [1.29, 1.82) is 0 Å². The third-order valence-corrected chi connectivity index (χ3v) is 11.2. The lowest BCUT2D eigenvalue weighted by Crippen LogP contribution is -2.43. The number of rotatable bonds is 8. The van der Waals surface area contributed by atoms with Gasteiger partial charge < -0.3 is 14.5 Å². The molecule has 0 radical (unpaired) electrons. The molecule has 1 amide bonds. The molecule has 0 spiro atoms. The van der Waals surface area contributed by atoms with Gasteiger partial charge in [-0.2, -0.15) is 9.97 Å². The first-order chi connectivity index (χ1) is 25.2. The van der Waals surface area contributed by atoms with Crippen LogP contribution in [0.1, 0.15) is 36.3 Å². The maximum absolute atomic E-state index is 16.9. The maximum atomic E-state index is 16.9. The van der Waals surface area contributed by atoms with Gasteiger partial charge in [0.05, 0.1) is 16.5 Å². The minimum atomic E-state index is -0.970. The van der Waals surface area contributed by atoms with Crippen LogP contribution in [0.2, 0.25) is 0 Å². The first-order valence-electron chi connectivity index (χ1n) is 17.0. The molecule has 5 aromatic rings. The van der Waals surface area contributed by atoms with Crippen molar-refractivity contribution < 1.29 is 27.1 Å². The highest BCUT2D eigenvalue weighted by Crippen LogP contribution is 2.41. The van der Waals surface area contributed by atoms with Crippen LogP contribution in [0.25, 0.3) is 39.0 Å². The van der Waals surface area contributed by atoms with Gasteiger partial charge in [-0.3, -0.25) is 14.7 Å². The van der Waals surface area contributed by atoms with Crippen LogP contribution in [0.5, 0.6) is 6.01 Å². The maximum Gasteiger partial charge on any atom is 0.319 e. The van der Waals surface area contributed by atoms with E-state index < -0.39 is 35.1 Å². The van der Waals surface area contributed by atoms with Gasteiger partial charge in [-0.25, -0.2) is 22.5 Å². The van der Waals surface area contributed by atoms with E-state index in [1.807, 2.05) is 0 Å². The van der Waals surface area contributed by atoms with Crippen LogP contribution >= 0.6 is 11.3 Å². The number of nitrogens with zero attached hydrogens (tertiary/aromatic N) is 7. The molecule has 266 valence electrons. The fourth-order valence-electron chi connectivity index (χ4n) is 7.92. The van der Waals surface area contributed by atoms with Gasteiger partial charge in [0.15, 0.2) is 11.6 Å². The minimum absolute atomic E-state index is 0.0112. The summed E-state index contributed by atoms with van der Waals surface area (Å²) in [5.74, 6) is -0.378. The Morgan fingerprint density at radius 1 is 1.19 bits per heavy atom. The van der Waals surface area contributed by atoms with Crippen molar-refractivity contribution >= 4 is 50.8 Å². The van der Waals surface area contributed by atoms with Crippen molar-refractivity contribution in [2.45, 2.75) is 43.4 Å². The fourth-order valence-corrected chi connectivity index (χ4v) is 8.48. The Morgan fingerprint density at radius 2 is 2.06 bits per heavy atom. The predicted octanol–water partition coefficient (Wildman–Crippen LogP) is 6.56. The normalized spacial score (nSPS) is 21.9. The summed E-state index contributed by atoms with van der Waals surface area (Å²) in [7, 11) is 1.76. The van der Waals surface area contributed by atoms with E-state index in [-0.39, 0.29) is 53.9 Å². The number of pyridine rings is 1. The van der Waals surface area contributed by atoms with E-state index in [2.05, 4.69) is 25.8 Å². The van der Waals surface area contributed by atoms with Crippen molar-refractivity contribution in [2.24, 2.45) is 0 Å². The number of likely N-dealkylation sites (tertiary alicyclic amines) is 1. The number of ether oxygens (including phenoxy) is 1. The summed E-state index contributed by atoms with van der Waals surface area (Å²) in [4.78, 5) is 36.1. The molecule has 0 N–H and O–H groups in total. The molecule has 3 saturated heterocycles. The first kappa shape index (κ1) is 34.0. The van der Waals surface area contributed by atoms with Crippen LogP contribution < -0.4 is 9.64 Å². The van der Waals surface area contributed by atoms with Crippen LogP contribution in [-0.4, -0.2) is 93.2 Å². The highest BCUT2D eigenvalue weighted by atomic mass is 32.1. The van der Waals surface area contributed by atoms with Crippen molar-refractivity contribution in [3.8, 4) is 29.6 Å². The van der Waals surface area contributed by atoms with Gasteiger partial charge in [0.1, 0.15) is 40.6 Å². The van der Waals surface area contributed by atoms with Crippen molar-refractivity contribution in [3.05, 3.63) is 76.1 Å². The average Bonchev–Trinajstić information content (AvgIpc) is 3.96. The molecule has 3 aliphatic rings. The number of likely N-dealkylation sites (N-methyl/N-ethyl adjacent to an activating group) is 1. The molecule has 52 heavy (non-hydrogen) atoms. The lowest BCUT2D eigenvalue weighted by molar-refractivity contribution is -0.127. The molecular weight excluding hydrogens is 695 g/mol. The van der Waals surface area contributed by atoms with Gasteiger partial charge in [0.2, 0.25) is 0 Å². The Labute approximate surface area is 301 Å². The summed E-state index contributed by atoms with van der Waals surface area (Å²) in [6, 6.07) is 7.51. The number of hydrogen-bond acceptors (Lipinski definition) is 9. The molecule has 0 bridgehead atoms. The average molecular weight is 728 g/mol. The largest absolute Gasteiger partial charge is 0.461 e. The number of benzene rings is 2. The molecule has 6 heterocycles. The zero-order valence-corrected chi connectivity index (χ0v) is 29.0. The Balaban J connectivity index is 1.18. The number of amides is 1. The second-order valence-electron chi connectivity index (χ2n) is 13.5. The highest BCUT2D eigenvalue weighted by Gasteiger charge is 2.49. The smallest absolute Gasteiger partial charge is 0.319 e. The summed E-state index contributed by atoms with van der Waals surface area (Å²) in [6.07, 6.45) is 11.3. The van der Waals surface area contributed by atoms with E-state index >= 15 is 4.39 Å². The molecule has 0 saturated carbocycles. The second kappa shape index (κ2) is 13.4. The summed E-state index contributed by atoms with van der Waals surface area (Å²) in [5.41, 5.74) is -0.407. The standard InChI is InChI=1S/C38H33F4N7O2S/c1-3-25-28(40)9-8-22-6-4-7-26(31(22)25)33-32(42)34-27(18-44-33)35(46-37(45-34)51-21-38-11-5-13-49(38)19-23(39)17-38)47(2)24-10-14-48(20-24)36(50)29(41)16-30-43-12-15-52-30/h1,4,6-9,12,15-16,18,23-24H,5,10-11,13-14,17,19-21H2,2H3/b29-16-/t23?,24?,38-/m0/s1. The fraction of sp³-hybridized carbons (Fsp3) is 0.342. The first-order valence-corrected chi connectivity index (χ1v) is 17.9. The van der Waals surface area contributed by atoms with E-state index in [1.54, 1.807) is 41.6 Å². The Hall–Kier alpha value is -5.13. The summed E-state index contributed by atoms with van der Waals surface area (Å²) >= 11 is 1.22. The number of carbonyl (C=O) groups excluding carboxylic acids is 1. The van der Waals surface area contributed by atoms with Crippen LogP contribution in [0.3, 0.4) is 0 Å². The number of terminal acetylenes is 1. The molecule has 2 aromatic carbocycles. The number of alkyl halides is 1. The number of aromatic nitrogens is 4. The number of anilines is 1. The Bertz CT molecular complexity index is 2280. The Morgan fingerprint density at radius 3 is 2.87 bits per heavy atom. The molecule has 9 nitrogen and oxygen atoms in total. The second-order valence-corrected chi connectivity index (χ2v) is 14.4. The predicted molar refractivity (Wildman–Crippen MR) is 191 cm³/mol. The molecule has 0 aliphatic carbocycles. The summed E-state index contributed by atoms with van der Waals surface area (Å²) < 4.78 is 67.5. The Kier molecular flexibility index (Phi) is 8.79. The molecule has 3 aromatic heterocycles. The van der Waals surface area contributed by atoms with Gasteiger partial charge in [-0.1, -0.05) is 30.2 Å². The van der Waals surface area contributed by atoms with Crippen molar-refractivity contribution in [1.82, 2.24) is 29.7 Å². The van der Waals surface area contributed by atoms with Crippen molar-refractivity contribution in [3.63, 3.8) is 0 Å². The van der Waals surface area contributed by atoms with Crippen LogP contribution in [-0.2, 0) is 4.79 Å². The van der Waals surface area contributed by atoms with Crippen molar-refractivity contribution in [2.75, 3.05) is 44.7 Å². The quantitative estimate of drug-likeness (QED) is 0.101. The molecule has 2 unspecified atom stereocenters. The lowest BCUT2D eigenvalue weighted by atomic mass is 9.95. The van der Waals surface area contributed by atoms with E-state index in [1.165, 1.54) is 34.7 Å². The zero-order chi connectivity index (χ0) is 36.1. The van der Waals surface area contributed by atoms with E-state index in [0.717, 1.165) is 25.5 Å². The number of thiazole rings is 1. The third-order valence-electron chi connectivity index (χ3n) is 10.5. The summed E-state index contributed by atoms with van der Waals surface area (Å²) in [5, 5.41) is 3.30. The SMILES string of the molecule is C#Cc1c(F)ccc2cccc(-c3ncc4c(N(C)C5CCN(C(=O)/C(F)=C/c6nccs6)C5)nc(OC[C@@]56CCCN5CC(F)C6)nc4c3F)c12. The molecule has 3 fully saturated rings. The minimum Gasteiger partial charge on any atom is -0.461 e. The number of hydrogen-bond donors (Lipinski definition) is 0. The molecule has 14 heteroatoms. The molecular formula is C38H33F4N7O2S. The van der Waals surface area contributed by atoms with Crippen LogP contribution in [0, 0.1) is 24.0 Å². The number of carbonyl (C=O) groups is 1. The lowest BCUT2D eigenvalue weighted by Gasteiger charge is -2.31. The van der Waals surface area contributed by atoms with E-state index in [4.69, 9.17) is 16.1 Å². The van der Waals surface area contributed by atoms with Crippen LogP contribution in [0.4, 0.5) is 23.4 Å².